The lowest BCUT2D eigenvalue weighted by Crippen LogP contribution is -3.13. The molecule has 1 aliphatic heterocycles. The zero-order chi connectivity index (χ0) is 18.5. The summed E-state index contributed by atoms with van der Waals surface area (Å²) in [6.45, 7) is 4.01. The first kappa shape index (κ1) is 18.2. The number of hydrogen-bond donors (Lipinski definition) is 1. The van der Waals surface area contributed by atoms with Gasteiger partial charge in [-0.1, -0.05) is 0 Å². The maximum absolute atomic E-state index is 13.0. The lowest BCUT2D eigenvalue weighted by atomic mass is 10.1. The molecule has 2 aromatic carbocycles. The van der Waals surface area contributed by atoms with Gasteiger partial charge < -0.3 is 19.3 Å². The fourth-order valence-electron chi connectivity index (χ4n) is 3.26. The minimum absolute atomic E-state index is 0.0323. The third-order valence-corrected chi connectivity index (χ3v) is 4.75. The van der Waals surface area contributed by atoms with E-state index >= 15 is 0 Å². The average molecular weight is 359 g/mol. The first-order valence-electron chi connectivity index (χ1n) is 8.70. The molecule has 5 nitrogen and oxygen atoms in total. The van der Waals surface area contributed by atoms with E-state index in [1.807, 2.05) is 23.1 Å². The number of amides is 1. The van der Waals surface area contributed by atoms with Gasteiger partial charge in [-0.15, -0.1) is 0 Å². The summed E-state index contributed by atoms with van der Waals surface area (Å²) >= 11 is 0. The molecule has 1 fully saturated rings. The van der Waals surface area contributed by atoms with E-state index < -0.39 is 0 Å². The molecule has 3 rings (SSSR count). The van der Waals surface area contributed by atoms with Gasteiger partial charge in [0.25, 0.3) is 5.91 Å². The minimum atomic E-state index is -0.328. The second-order valence-corrected chi connectivity index (χ2v) is 6.42. The summed E-state index contributed by atoms with van der Waals surface area (Å²) in [6, 6.07) is 11.7. The van der Waals surface area contributed by atoms with Crippen LogP contribution in [0, 0.1) is 5.82 Å². The molecule has 1 heterocycles. The second-order valence-electron chi connectivity index (χ2n) is 6.42. The van der Waals surface area contributed by atoms with Gasteiger partial charge in [0.2, 0.25) is 0 Å². The standard InChI is InChI=1S/C20H23FN2O3/c1-25-18-8-3-15(13-19(18)26-2)14-22-9-11-23(12-10-22)20(24)16-4-6-17(21)7-5-16/h3-8,13H,9-12,14H2,1-2H3/p+1. The van der Waals surface area contributed by atoms with Crippen LogP contribution >= 0.6 is 0 Å². The molecule has 1 saturated heterocycles. The molecule has 1 aliphatic rings. The summed E-state index contributed by atoms with van der Waals surface area (Å²) in [5.74, 6) is 1.09. The zero-order valence-electron chi connectivity index (χ0n) is 15.1. The van der Waals surface area contributed by atoms with Crippen LogP contribution in [0.4, 0.5) is 4.39 Å². The Morgan fingerprint density at radius 1 is 1.04 bits per heavy atom. The largest absolute Gasteiger partial charge is 0.493 e. The number of ether oxygens (including phenoxy) is 2. The third kappa shape index (κ3) is 4.14. The summed E-state index contributed by atoms with van der Waals surface area (Å²) in [5, 5.41) is 0. The highest BCUT2D eigenvalue weighted by Crippen LogP contribution is 2.27. The van der Waals surface area contributed by atoms with Gasteiger partial charge in [0.15, 0.2) is 11.5 Å². The number of carbonyl (C=O) groups is 1. The number of rotatable bonds is 5. The highest BCUT2D eigenvalue weighted by molar-refractivity contribution is 5.94. The maximum Gasteiger partial charge on any atom is 0.254 e. The van der Waals surface area contributed by atoms with Gasteiger partial charge >= 0.3 is 0 Å². The lowest BCUT2D eigenvalue weighted by Gasteiger charge is -2.32. The number of quaternary nitrogens is 1. The maximum atomic E-state index is 13.0. The predicted octanol–water partition coefficient (Wildman–Crippen LogP) is 1.38. The van der Waals surface area contributed by atoms with Gasteiger partial charge in [-0.05, 0) is 42.5 Å². The van der Waals surface area contributed by atoms with E-state index in [0.29, 0.717) is 18.7 Å². The van der Waals surface area contributed by atoms with Crippen LogP contribution in [0.2, 0.25) is 0 Å². The van der Waals surface area contributed by atoms with Crippen LogP contribution in [0.25, 0.3) is 0 Å². The zero-order valence-corrected chi connectivity index (χ0v) is 15.1. The van der Waals surface area contributed by atoms with Crippen LogP contribution in [0.1, 0.15) is 15.9 Å². The molecule has 0 spiro atoms. The second kappa shape index (κ2) is 8.19. The van der Waals surface area contributed by atoms with Gasteiger partial charge in [-0.3, -0.25) is 4.79 Å². The van der Waals surface area contributed by atoms with Crippen LogP contribution in [-0.4, -0.2) is 51.2 Å². The number of methoxy groups -OCH3 is 2. The van der Waals surface area contributed by atoms with E-state index in [1.54, 1.807) is 26.4 Å². The van der Waals surface area contributed by atoms with Crippen molar-refractivity contribution < 1.29 is 23.6 Å². The molecule has 0 saturated carbocycles. The van der Waals surface area contributed by atoms with Gasteiger partial charge in [-0.25, -0.2) is 4.39 Å². The van der Waals surface area contributed by atoms with Crippen LogP contribution in [0.5, 0.6) is 11.5 Å². The van der Waals surface area contributed by atoms with Crippen molar-refractivity contribution in [3.8, 4) is 11.5 Å². The first-order chi connectivity index (χ1) is 12.6. The molecular weight excluding hydrogens is 335 g/mol. The van der Waals surface area contributed by atoms with E-state index in [2.05, 4.69) is 0 Å². The Bertz CT molecular complexity index is 756. The Hall–Kier alpha value is -2.60. The molecule has 0 aliphatic carbocycles. The van der Waals surface area contributed by atoms with Crippen molar-refractivity contribution in [3.05, 3.63) is 59.4 Å². The summed E-state index contributed by atoms with van der Waals surface area (Å²) in [5.41, 5.74) is 1.71. The van der Waals surface area contributed by atoms with E-state index in [-0.39, 0.29) is 11.7 Å². The van der Waals surface area contributed by atoms with Gasteiger partial charge in [-0.2, -0.15) is 0 Å². The monoisotopic (exact) mass is 359 g/mol. The van der Waals surface area contributed by atoms with Crippen molar-refractivity contribution in [1.29, 1.82) is 0 Å². The smallest absolute Gasteiger partial charge is 0.254 e. The fourth-order valence-corrected chi connectivity index (χ4v) is 3.26. The summed E-state index contributed by atoms with van der Waals surface area (Å²) < 4.78 is 23.6. The Morgan fingerprint density at radius 2 is 1.69 bits per heavy atom. The summed E-state index contributed by atoms with van der Waals surface area (Å²) in [4.78, 5) is 15.7. The van der Waals surface area contributed by atoms with Crippen molar-refractivity contribution in [1.82, 2.24) is 4.90 Å². The molecule has 1 N–H and O–H groups in total. The van der Waals surface area contributed by atoms with Crippen molar-refractivity contribution in [3.63, 3.8) is 0 Å². The van der Waals surface area contributed by atoms with Crippen LogP contribution in [-0.2, 0) is 6.54 Å². The Labute approximate surface area is 152 Å². The Balaban J connectivity index is 1.57. The highest BCUT2D eigenvalue weighted by Gasteiger charge is 2.24. The topological polar surface area (TPSA) is 43.2 Å². The van der Waals surface area contributed by atoms with Crippen LogP contribution in [0.3, 0.4) is 0 Å². The number of piperazine rings is 1. The number of benzene rings is 2. The molecule has 0 unspecified atom stereocenters. The number of halogens is 1. The molecule has 0 radical (unpaired) electrons. The SMILES string of the molecule is COc1ccc(C[NH+]2CCN(C(=O)c3ccc(F)cc3)CC2)cc1OC. The highest BCUT2D eigenvalue weighted by atomic mass is 19.1. The molecule has 1 amide bonds. The van der Waals surface area contributed by atoms with Crippen LogP contribution < -0.4 is 14.4 Å². The number of carbonyl (C=O) groups excluding carboxylic acids is 1. The van der Waals surface area contributed by atoms with Crippen molar-refractivity contribution in [2.45, 2.75) is 6.54 Å². The Kier molecular flexibility index (Phi) is 5.73. The molecule has 26 heavy (non-hydrogen) atoms. The first-order valence-corrected chi connectivity index (χ1v) is 8.70. The molecular formula is C20H24FN2O3+. The van der Waals surface area contributed by atoms with Crippen LogP contribution in [0.15, 0.2) is 42.5 Å². The quantitative estimate of drug-likeness (QED) is 0.877. The summed E-state index contributed by atoms with van der Waals surface area (Å²) in [7, 11) is 3.26. The molecule has 138 valence electrons. The van der Waals surface area contributed by atoms with E-state index in [4.69, 9.17) is 9.47 Å². The number of hydrogen-bond acceptors (Lipinski definition) is 3. The predicted molar refractivity (Wildman–Crippen MR) is 96.3 cm³/mol. The van der Waals surface area contributed by atoms with Gasteiger partial charge in [0, 0.05) is 11.1 Å². The normalized spacial score (nSPS) is 15.0. The average Bonchev–Trinajstić information content (AvgIpc) is 2.68. The van der Waals surface area contributed by atoms with Crippen molar-refractivity contribution >= 4 is 5.91 Å². The van der Waals surface area contributed by atoms with Crippen molar-refractivity contribution in [2.75, 3.05) is 40.4 Å². The lowest BCUT2D eigenvalue weighted by molar-refractivity contribution is -0.917. The molecule has 6 heteroatoms. The third-order valence-electron chi connectivity index (χ3n) is 4.75. The molecule has 0 atom stereocenters. The molecule has 0 aromatic heterocycles. The number of nitrogens with one attached hydrogen (secondary N) is 1. The summed E-state index contributed by atoms with van der Waals surface area (Å²) in [6.07, 6.45) is 0. The molecule has 2 aromatic rings. The van der Waals surface area contributed by atoms with Gasteiger partial charge in [0.05, 0.1) is 40.4 Å². The Morgan fingerprint density at radius 3 is 2.31 bits per heavy atom. The van der Waals surface area contributed by atoms with Crippen molar-refractivity contribution in [2.24, 2.45) is 0 Å². The molecule has 0 bridgehead atoms. The number of nitrogens with zero attached hydrogens (tertiary/aromatic N) is 1. The minimum Gasteiger partial charge on any atom is -0.493 e. The fraction of sp³-hybridized carbons (Fsp3) is 0.350. The van der Waals surface area contributed by atoms with E-state index in [9.17, 15) is 9.18 Å². The van der Waals surface area contributed by atoms with E-state index in [0.717, 1.165) is 31.1 Å². The van der Waals surface area contributed by atoms with E-state index in [1.165, 1.54) is 22.6 Å². The van der Waals surface area contributed by atoms with Gasteiger partial charge in [0.1, 0.15) is 12.4 Å².